The van der Waals surface area contributed by atoms with Crippen molar-refractivity contribution in [1.82, 2.24) is 5.32 Å². The van der Waals surface area contributed by atoms with Gasteiger partial charge in [0.05, 0.1) is 14.2 Å². The zero-order valence-electron chi connectivity index (χ0n) is 10.8. The van der Waals surface area contributed by atoms with Crippen molar-refractivity contribution in [2.75, 3.05) is 20.8 Å². The lowest BCUT2D eigenvalue weighted by molar-refractivity contribution is 0.171. The van der Waals surface area contributed by atoms with Gasteiger partial charge in [0.2, 0.25) is 0 Å². The Morgan fingerprint density at radius 1 is 1.24 bits per heavy atom. The van der Waals surface area contributed by atoms with E-state index >= 15 is 0 Å². The van der Waals surface area contributed by atoms with Gasteiger partial charge in [-0.1, -0.05) is 6.07 Å². The highest BCUT2D eigenvalue weighted by Gasteiger charge is 2.06. The number of benzene rings is 1. The fraction of sp³-hybridized carbons (Fsp3) is 0.462. The summed E-state index contributed by atoms with van der Waals surface area (Å²) in [5, 5.41) is 2.65. The molecule has 0 fully saturated rings. The van der Waals surface area contributed by atoms with E-state index < -0.39 is 6.09 Å². The third-order valence-corrected chi connectivity index (χ3v) is 2.75. The average Bonchev–Trinajstić information content (AvgIpc) is 2.32. The van der Waals surface area contributed by atoms with Gasteiger partial charge >= 0.3 is 6.09 Å². The first-order chi connectivity index (χ1) is 8.08. The molecule has 1 rings (SSSR count). The molecule has 1 aromatic rings. The summed E-state index contributed by atoms with van der Waals surface area (Å²) >= 11 is 0. The minimum absolute atomic E-state index is 0.409. The predicted octanol–water partition coefficient (Wildman–Crippen LogP) is 2.21. The molecule has 17 heavy (non-hydrogen) atoms. The molecule has 0 spiro atoms. The molecule has 0 aliphatic carbocycles. The van der Waals surface area contributed by atoms with E-state index in [0.29, 0.717) is 6.54 Å². The van der Waals surface area contributed by atoms with Crippen LogP contribution in [0.2, 0.25) is 0 Å². The van der Waals surface area contributed by atoms with Crippen molar-refractivity contribution in [1.29, 1.82) is 0 Å². The topological polar surface area (TPSA) is 47.6 Å². The second kappa shape index (κ2) is 6.13. The van der Waals surface area contributed by atoms with Crippen LogP contribution in [-0.2, 0) is 11.2 Å². The van der Waals surface area contributed by atoms with E-state index in [1.165, 1.54) is 18.2 Å². The molecule has 0 atom stereocenters. The zero-order valence-corrected chi connectivity index (χ0v) is 10.8. The van der Waals surface area contributed by atoms with E-state index in [1.54, 1.807) is 7.11 Å². The van der Waals surface area contributed by atoms with E-state index in [4.69, 9.17) is 4.74 Å². The first-order valence-corrected chi connectivity index (χ1v) is 5.54. The molecule has 94 valence electrons. The SMILES string of the molecule is COC(=O)NCCc1cc(C)c(C)cc1OC. The summed E-state index contributed by atoms with van der Waals surface area (Å²) in [6.45, 7) is 4.64. The van der Waals surface area contributed by atoms with Crippen molar-refractivity contribution in [3.05, 3.63) is 28.8 Å². The maximum Gasteiger partial charge on any atom is 0.406 e. The van der Waals surface area contributed by atoms with Gasteiger partial charge in [-0.2, -0.15) is 0 Å². The number of nitrogens with one attached hydrogen (secondary N) is 1. The molecule has 0 aliphatic heterocycles. The fourth-order valence-electron chi connectivity index (χ4n) is 1.61. The van der Waals surface area contributed by atoms with Gasteiger partial charge in [0.1, 0.15) is 5.75 Å². The molecule has 4 nitrogen and oxygen atoms in total. The lowest BCUT2D eigenvalue weighted by Gasteiger charge is -2.12. The maximum atomic E-state index is 10.9. The van der Waals surface area contributed by atoms with Crippen LogP contribution in [0.1, 0.15) is 16.7 Å². The molecule has 0 radical (unpaired) electrons. The number of alkyl carbamates (subject to hydrolysis) is 1. The molecule has 0 saturated carbocycles. The van der Waals surface area contributed by atoms with Crippen molar-refractivity contribution < 1.29 is 14.3 Å². The number of carbonyl (C=O) groups is 1. The summed E-state index contributed by atoms with van der Waals surface area (Å²) in [5.41, 5.74) is 3.51. The highest BCUT2D eigenvalue weighted by molar-refractivity contribution is 5.66. The Hall–Kier alpha value is -1.71. The van der Waals surface area contributed by atoms with Crippen LogP contribution >= 0.6 is 0 Å². The summed E-state index contributed by atoms with van der Waals surface area (Å²) in [6.07, 6.45) is 0.312. The number of hydrogen-bond donors (Lipinski definition) is 1. The molecule has 0 aromatic heterocycles. The molecule has 0 aliphatic rings. The Morgan fingerprint density at radius 2 is 1.88 bits per heavy atom. The lowest BCUT2D eigenvalue weighted by Crippen LogP contribution is -2.25. The number of ether oxygens (including phenoxy) is 2. The van der Waals surface area contributed by atoms with E-state index in [1.807, 2.05) is 13.0 Å². The molecule has 0 unspecified atom stereocenters. The van der Waals surface area contributed by atoms with Gasteiger partial charge < -0.3 is 14.8 Å². The van der Waals surface area contributed by atoms with Crippen LogP contribution in [0.15, 0.2) is 12.1 Å². The van der Waals surface area contributed by atoms with Crippen molar-refractivity contribution in [3.8, 4) is 5.75 Å². The number of rotatable bonds is 4. The standard InChI is InChI=1S/C13H19NO3/c1-9-7-11(5-6-14-13(15)17-4)12(16-3)8-10(9)2/h7-8H,5-6H2,1-4H3,(H,14,15). The summed E-state index contributed by atoms with van der Waals surface area (Å²) in [7, 11) is 3.01. The highest BCUT2D eigenvalue weighted by Crippen LogP contribution is 2.23. The van der Waals surface area contributed by atoms with Crippen molar-refractivity contribution in [2.24, 2.45) is 0 Å². The third kappa shape index (κ3) is 3.66. The van der Waals surface area contributed by atoms with Crippen LogP contribution in [0.3, 0.4) is 0 Å². The van der Waals surface area contributed by atoms with Crippen molar-refractivity contribution in [3.63, 3.8) is 0 Å². The van der Waals surface area contributed by atoms with Crippen LogP contribution in [-0.4, -0.2) is 26.9 Å². The zero-order chi connectivity index (χ0) is 12.8. The molecule has 1 amide bonds. The molecule has 4 heteroatoms. The second-order valence-electron chi connectivity index (χ2n) is 3.92. The Labute approximate surface area is 102 Å². The van der Waals surface area contributed by atoms with Gasteiger partial charge in [-0.05, 0) is 43.0 Å². The first kappa shape index (κ1) is 13.4. The van der Waals surface area contributed by atoms with Gasteiger partial charge in [0.25, 0.3) is 0 Å². The maximum absolute atomic E-state index is 10.9. The van der Waals surface area contributed by atoms with E-state index in [2.05, 4.69) is 23.0 Å². The Balaban J connectivity index is 2.69. The van der Waals surface area contributed by atoms with Gasteiger partial charge in [0, 0.05) is 6.54 Å². The third-order valence-electron chi connectivity index (χ3n) is 2.75. The number of aryl methyl sites for hydroxylation is 2. The van der Waals surface area contributed by atoms with Gasteiger partial charge in [-0.3, -0.25) is 0 Å². The summed E-state index contributed by atoms with van der Waals surface area (Å²) in [4.78, 5) is 10.9. The number of methoxy groups -OCH3 is 2. The van der Waals surface area contributed by atoms with E-state index in [0.717, 1.165) is 17.7 Å². The Kier molecular flexibility index (Phi) is 4.82. The fourth-order valence-corrected chi connectivity index (χ4v) is 1.61. The Morgan fingerprint density at radius 3 is 2.47 bits per heavy atom. The van der Waals surface area contributed by atoms with Crippen molar-refractivity contribution >= 4 is 6.09 Å². The molecular weight excluding hydrogens is 218 g/mol. The smallest absolute Gasteiger partial charge is 0.406 e. The molecule has 0 saturated heterocycles. The second-order valence-corrected chi connectivity index (χ2v) is 3.92. The average molecular weight is 237 g/mol. The molecule has 0 bridgehead atoms. The molecule has 1 aromatic carbocycles. The molecule has 0 heterocycles. The number of carbonyl (C=O) groups excluding carboxylic acids is 1. The summed E-state index contributed by atoms with van der Waals surface area (Å²) < 4.78 is 9.83. The number of hydrogen-bond acceptors (Lipinski definition) is 3. The monoisotopic (exact) mass is 237 g/mol. The number of amides is 1. The molecule has 1 N–H and O–H groups in total. The highest BCUT2D eigenvalue weighted by atomic mass is 16.5. The van der Waals surface area contributed by atoms with Crippen LogP contribution < -0.4 is 10.1 Å². The predicted molar refractivity (Wildman–Crippen MR) is 66.6 cm³/mol. The molecular formula is C13H19NO3. The van der Waals surface area contributed by atoms with E-state index in [9.17, 15) is 4.79 Å². The quantitative estimate of drug-likeness (QED) is 0.873. The normalized spacial score (nSPS) is 9.88. The van der Waals surface area contributed by atoms with Gasteiger partial charge in [-0.25, -0.2) is 4.79 Å². The Bertz CT molecular complexity index is 402. The van der Waals surface area contributed by atoms with Crippen molar-refractivity contribution in [2.45, 2.75) is 20.3 Å². The van der Waals surface area contributed by atoms with Crippen LogP contribution in [0.5, 0.6) is 5.75 Å². The summed E-state index contributed by atoms with van der Waals surface area (Å²) in [6, 6.07) is 4.11. The van der Waals surface area contributed by atoms with E-state index in [-0.39, 0.29) is 0 Å². The first-order valence-electron chi connectivity index (χ1n) is 5.54. The van der Waals surface area contributed by atoms with Crippen LogP contribution in [0, 0.1) is 13.8 Å². The largest absolute Gasteiger partial charge is 0.496 e. The lowest BCUT2D eigenvalue weighted by atomic mass is 10.0. The van der Waals surface area contributed by atoms with Crippen LogP contribution in [0.25, 0.3) is 0 Å². The van der Waals surface area contributed by atoms with Crippen LogP contribution in [0.4, 0.5) is 4.79 Å². The minimum Gasteiger partial charge on any atom is -0.496 e. The van der Waals surface area contributed by atoms with Gasteiger partial charge in [0.15, 0.2) is 0 Å². The summed E-state index contributed by atoms with van der Waals surface area (Å²) in [5.74, 6) is 0.861. The van der Waals surface area contributed by atoms with Gasteiger partial charge in [-0.15, -0.1) is 0 Å². The minimum atomic E-state index is -0.409.